The lowest BCUT2D eigenvalue weighted by Gasteiger charge is -2.34. The van der Waals surface area contributed by atoms with Crippen molar-refractivity contribution in [1.29, 1.82) is 0 Å². The number of benzene rings is 2. The summed E-state index contributed by atoms with van der Waals surface area (Å²) in [6.07, 6.45) is 0.691. The van der Waals surface area contributed by atoms with Gasteiger partial charge in [-0.3, -0.25) is 14.5 Å². The maximum Gasteiger partial charge on any atom is 0.252 e. The zero-order valence-electron chi connectivity index (χ0n) is 17.5. The van der Waals surface area contributed by atoms with E-state index in [1.165, 1.54) is 17.7 Å². The second-order valence-corrected chi connectivity index (χ2v) is 8.34. The Morgan fingerprint density at radius 1 is 1.13 bits per heavy atom. The van der Waals surface area contributed by atoms with Gasteiger partial charge in [-0.15, -0.1) is 0 Å². The molecule has 0 radical (unpaired) electrons. The lowest BCUT2D eigenvalue weighted by atomic mass is 9.99. The largest absolute Gasteiger partial charge is 0.354 e. The van der Waals surface area contributed by atoms with Crippen LogP contribution >= 0.6 is 0 Å². The van der Waals surface area contributed by atoms with E-state index in [-0.39, 0.29) is 11.8 Å². The Bertz CT molecular complexity index is 1180. The maximum atomic E-state index is 14.1. The summed E-state index contributed by atoms with van der Waals surface area (Å²) in [5, 5.41) is 3.68. The van der Waals surface area contributed by atoms with Crippen molar-refractivity contribution in [3.8, 4) is 11.3 Å². The van der Waals surface area contributed by atoms with E-state index in [1.807, 2.05) is 11.0 Å². The number of carbonyl (C=O) groups excluding carboxylic acids is 2. The fourth-order valence-corrected chi connectivity index (χ4v) is 4.74. The predicted octanol–water partition coefficient (Wildman–Crippen LogP) is 2.92. The molecule has 2 aliphatic heterocycles. The number of aromatic amines is 1. The van der Waals surface area contributed by atoms with Crippen LogP contribution in [0.3, 0.4) is 0 Å². The fraction of sp³-hybridized carbons (Fsp3) is 0.333. The SMILES string of the molecule is CC(=O)N1CCN(Cc2cccc(-c3[nH]c4cc(F)cc5c4c3CCNC5=O)c2)CC1. The molecular weight excluding hydrogens is 395 g/mol. The molecule has 3 aromatic rings. The van der Waals surface area contributed by atoms with Crippen molar-refractivity contribution in [3.63, 3.8) is 0 Å². The van der Waals surface area contributed by atoms with Crippen LogP contribution in [0.15, 0.2) is 36.4 Å². The zero-order valence-corrected chi connectivity index (χ0v) is 17.5. The van der Waals surface area contributed by atoms with Gasteiger partial charge in [0, 0.05) is 62.8 Å². The molecule has 1 aromatic heterocycles. The van der Waals surface area contributed by atoms with Crippen molar-refractivity contribution in [2.75, 3.05) is 32.7 Å². The third-order valence-corrected chi connectivity index (χ3v) is 6.31. The Kier molecular flexibility index (Phi) is 4.98. The van der Waals surface area contributed by atoms with Gasteiger partial charge in [-0.05, 0) is 41.3 Å². The van der Waals surface area contributed by atoms with E-state index in [9.17, 15) is 14.0 Å². The molecule has 2 aromatic carbocycles. The number of piperazine rings is 1. The number of carbonyl (C=O) groups is 2. The molecule has 1 fully saturated rings. The second kappa shape index (κ2) is 7.81. The molecule has 2 aliphatic rings. The van der Waals surface area contributed by atoms with Crippen LogP contribution in [0.1, 0.15) is 28.4 Å². The molecule has 2 amide bonds. The van der Waals surface area contributed by atoms with Gasteiger partial charge >= 0.3 is 0 Å². The minimum absolute atomic E-state index is 0.133. The number of nitrogens with zero attached hydrogens (tertiary/aromatic N) is 2. The van der Waals surface area contributed by atoms with Gasteiger partial charge in [0.1, 0.15) is 5.82 Å². The molecule has 160 valence electrons. The van der Waals surface area contributed by atoms with Gasteiger partial charge in [-0.25, -0.2) is 4.39 Å². The summed E-state index contributed by atoms with van der Waals surface area (Å²) in [5.74, 6) is -0.515. The average molecular weight is 420 g/mol. The Labute approximate surface area is 180 Å². The summed E-state index contributed by atoms with van der Waals surface area (Å²) in [5.41, 5.74) is 5.27. The van der Waals surface area contributed by atoms with Crippen LogP contribution in [0.4, 0.5) is 4.39 Å². The Balaban J connectivity index is 1.46. The first-order chi connectivity index (χ1) is 15.0. The predicted molar refractivity (Wildman–Crippen MR) is 117 cm³/mol. The van der Waals surface area contributed by atoms with Gasteiger partial charge < -0.3 is 15.2 Å². The first-order valence-corrected chi connectivity index (χ1v) is 10.7. The van der Waals surface area contributed by atoms with Crippen molar-refractivity contribution in [3.05, 3.63) is 58.9 Å². The highest BCUT2D eigenvalue weighted by Crippen LogP contribution is 2.35. The molecule has 0 atom stereocenters. The monoisotopic (exact) mass is 420 g/mol. The van der Waals surface area contributed by atoms with E-state index in [0.29, 0.717) is 24.0 Å². The molecule has 5 rings (SSSR count). The summed E-state index contributed by atoms with van der Waals surface area (Å²) in [4.78, 5) is 31.6. The minimum Gasteiger partial charge on any atom is -0.354 e. The van der Waals surface area contributed by atoms with Crippen LogP contribution in [0.5, 0.6) is 0 Å². The average Bonchev–Trinajstić information content (AvgIpc) is 3.03. The highest BCUT2D eigenvalue weighted by molar-refractivity contribution is 6.10. The summed E-state index contributed by atoms with van der Waals surface area (Å²) in [6, 6.07) is 11.1. The highest BCUT2D eigenvalue weighted by atomic mass is 19.1. The van der Waals surface area contributed by atoms with Crippen molar-refractivity contribution in [2.45, 2.75) is 19.9 Å². The first-order valence-electron chi connectivity index (χ1n) is 10.7. The molecule has 0 aliphatic carbocycles. The number of halogens is 1. The third-order valence-electron chi connectivity index (χ3n) is 6.31. The molecule has 0 bridgehead atoms. The summed E-state index contributed by atoms with van der Waals surface area (Å²) in [6.45, 7) is 6.20. The van der Waals surface area contributed by atoms with Crippen LogP contribution in [0.25, 0.3) is 22.2 Å². The number of amides is 2. The molecule has 31 heavy (non-hydrogen) atoms. The molecule has 1 saturated heterocycles. The van der Waals surface area contributed by atoms with Gasteiger partial charge in [-0.1, -0.05) is 18.2 Å². The van der Waals surface area contributed by atoms with Gasteiger partial charge in [0.2, 0.25) is 5.91 Å². The number of hydrogen-bond donors (Lipinski definition) is 2. The molecule has 6 nitrogen and oxygen atoms in total. The zero-order chi connectivity index (χ0) is 21.5. The topological polar surface area (TPSA) is 68.4 Å². The summed E-state index contributed by atoms with van der Waals surface area (Å²) < 4.78 is 14.1. The number of rotatable bonds is 3. The van der Waals surface area contributed by atoms with Crippen molar-refractivity contribution in [1.82, 2.24) is 20.1 Å². The van der Waals surface area contributed by atoms with Crippen LogP contribution < -0.4 is 5.32 Å². The fourth-order valence-electron chi connectivity index (χ4n) is 4.74. The quantitative estimate of drug-likeness (QED) is 0.685. The summed E-state index contributed by atoms with van der Waals surface area (Å²) >= 11 is 0. The smallest absolute Gasteiger partial charge is 0.252 e. The van der Waals surface area contributed by atoms with Gasteiger partial charge in [-0.2, -0.15) is 0 Å². The summed E-state index contributed by atoms with van der Waals surface area (Å²) in [7, 11) is 0. The van der Waals surface area contributed by atoms with Crippen molar-refractivity contribution in [2.24, 2.45) is 0 Å². The van der Waals surface area contributed by atoms with Crippen LogP contribution in [0.2, 0.25) is 0 Å². The normalized spacial score (nSPS) is 17.0. The van der Waals surface area contributed by atoms with E-state index in [1.54, 1.807) is 6.92 Å². The van der Waals surface area contributed by atoms with Gasteiger partial charge in [0.05, 0.1) is 5.56 Å². The molecule has 0 spiro atoms. The van der Waals surface area contributed by atoms with E-state index in [0.717, 1.165) is 54.9 Å². The number of H-pyrrole nitrogens is 1. The maximum absolute atomic E-state index is 14.1. The Morgan fingerprint density at radius 2 is 1.94 bits per heavy atom. The second-order valence-electron chi connectivity index (χ2n) is 8.34. The van der Waals surface area contributed by atoms with E-state index in [4.69, 9.17) is 0 Å². The van der Waals surface area contributed by atoms with Gasteiger partial charge in [0.25, 0.3) is 5.91 Å². The van der Waals surface area contributed by atoms with E-state index in [2.05, 4.69) is 33.4 Å². The Hall–Kier alpha value is -3.19. The molecule has 3 heterocycles. The lowest BCUT2D eigenvalue weighted by Crippen LogP contribution is -2.47. The van der Waals surface area contributed by atoms with Crippen LogP contribution in [0, 0.1) is 5.82 Å². The van der Waals surface area contributed by atoms with Crippen LogP contribution in [-0.2, 0) is 17.8 Å². The molecule has 7 heteroatoms. The minimum atomic E-state index is -0.419. The van der Waals surface area contributed by atoms with E-state index < -0.39 is 5.82 Å². The molecular formula is C24H25FN4O2. The lowest BCUT2D eigenvalue weighted by molar-refractivity contribution is -0.130. The number of nitrogens with one attached hydrogen (secondary N) is 2. The molecule has 0 saturated carbocycles. The first kappa shape index (κ1) is 19.8. The standard InChI is InChI=1S/C24H25FN4O2/c1-15(30)29-9-7-28(8-10-29)14-16-3-2-4-17(11-16)23-19-5-6-26-24(31)20-12-18(25)13-21(27-23)22(19)20/h2-4,11-13,27H,5-10,14H2,1H3,(H,26,31). The third kappa shape index (κ3) is 3.70. The van der Waals surface area contributed by atoms with Crippen molar-refractivity contribution >= 4 is 22.7 Å². The van der Waals surface area contributed by atoms with Crippen LogP contribution in [-0.4, -0.2) is 59.3 Å². The van der Waals surface area contributed by atoms with Gasteiger partial charge in [0.15, 0.2) is 0 Å². The van der Waals surface area contributed by atoms with E-state index >= 15 is 0 Å². The number of aromatic nitrogens is 1. The highest BCUT2D eigenvalue weighted by Gasteiger charge is 2.24. The number of hydrogen-bond acceptors (Lipinski definition) is 3. The Morgan fingerprint density at radius 3 is 2.71 bits per heavy atom. The molecule has 0 unspecified atom stereocenters. The molecule has 2 N–H and O–H groups in total. The van der Waals surface area contributed by atoms with Crippen molar-refractivity contribution < 1.29 is 14.0 Å².